The summed E-state index contributed by atoms with van der Waals surface area (Å²) in [4.78, 5) is 6.11. The van der Waals surface area contributed by atoms with Crippen molar-refractivity contribution in [1.29, 1.82) is 0 Å². The maximum Gasteiger partial charge on any atom is 0.338 e. The number of hydrogen-bond donors (Lipinski definition) is 7. The average molecular weight is 417 g/mol. The second kappa shape index (κ2) is 11.5. The zero-order valence-corrected chi connectivity index (χ0v) is 16.3. The molecule has 2 aromatic rings. The second-order valence-corrected chi connectivity index (χ2v) is 6.86. The molecular weight excluding hydrogens is 390 g/mol. The second-order valence-electron chi connectivity index (χ2n) is 6.00. The number of rotatable bonds is 9. The maximum atomic E-state index is 9.98. The lowest BCUT2D eigenvalue weighted by atomic mass is 10.2. The van der Waals surface area contributed by atoms with E-state index in [2.05, 4.69) is 15.3 Å². The molecule has 0 aliphatic heterocycles. The highest BCUT2D eigenvalue weighted by Crippen LogP contribution is 2.26. The summed E-state index contributed by atoms with van der Waals surface area (Å²) in [5.41, 5.74) is 12.7. The van der Waals surface area contributed by atoms with Crippen molar-refractivity contribution in [3.8, 4) is 5.75 Å². The van der Waals surface area contributed by atoms with Gasteiger partial charge in [0, 0.05) is 23.1 Å². The molecule has 0 aliphatic rings. The number of nitrogens with one attached hydrogen (secondary N) is 3. The molecule has 0 amide bonds. The first kappa shape index (κ1) is 23.7. The molecule has 0 bridgehead atoms. The summed E-state index contributed by atoms with van der Waals surface area (Å²) < 4.78 is 38.6. The number of fused-ring (bicyclic) bond motifs is 1. The van der Waals surface area contributed by atoms with Gasteiger partial charge in [-0.15, -0.1) is 0 Å². The number of aliphatic hydroxyl groups is 1. The average Bonchev–Trinajstić information content (AvgIpc) is 2.95. The molecule has 9 N–H and O–H groups in total. The van der Waals surface area contributed by atoms with E-state index in [9.17, 15) is 5.11 Å². The van der Waals surface area contributed by atoms with Gasteiger partial charge < -0.3 is 24.7 Å². The molecule has 1 aromatic carbocycles. The number of aliphatic hydroxyl groups excluding tert-OH is 1. The van der Waals surface area contributed by atoms with E-state index in [1.807, 2.05) is 31.2 Å². The summed E-state index contributed by atoms with van der Waals surface area (Å²) in [7, 11) is -4.92. The molecule has 1 aromatic heterocycles. The number of aromatic nitrogens is 1. The highest BCUT2D eigenvalue weighted by Gasteiger charge is 2.08. The van der Waals surface area contributed by atoms with E-state index in [-0.39, 0.29) is 12.6 Å². The van der Waals surface area contributed by atoms with Gasteiger partial charge in [-0.05, 0) is 38.1 Å². The Bertz CT molecular complexity index is 856. The largest absolute Gasteiger partial charge is 0.726 e. The summed E-state index contributed by atoms with van der Waals surface area (Å²) in [5.74, 6) is 1.01. The first-order valence-electron chi connectivity index (χ1n) is 8.46. The Hall–Kier alpha value is -2.38. The van der Waals surface area contributed by atoms with Crippen molar-refractivity contribution in [2.24, 2.45) is 11.5 Å². The third-order valence-electron chi connectivity index (χ3n) is 3.43. The molecule has 12 heteroatoms. The summed E-state index contributed by atoms with van der Waals surface area (Å²) >= 11 is 0. The predicted octanol–water partition coefficient (Wildman–Crippen LogP) is -2.45. The lowest BCUT2D eigenvalue weighted by Crippen LogP contribution is -2.78. The van der Waals surface area contributed by atoms with E-state index in [0.717, 1.165) is 35.3 Å². The van der Waals surface area contributed by atoms with Crippen molar-refractivity contribution >= 4 is 27.3 Å². The Balaban J connectivity index is 0.000000696. The van der Waals surface area contributed by atoms with Crippen LogP contribution in [0.1, 0.15) is 12.1 Å². The quantitative estimate of drug-likeness (QED) is 0.0760. The fourth-order valence-electron chi connectivity index (χ4n) is 2.35. The van der Waals surface area contributed by atoms with Gasteiger partial charge in [0.2, 0.25) is 10.4 Å². The maximum absolute atomic E-state index is 9.98. The first-order valence-corrected chi connectivity index (χ1v) is 9.82. The van der Waals surface area contributed by atoms with Gasteiger partial charge in [0.05, 0.1) is 6.54 Å². The molecule has 1 heterocycles. The molecule has 0 aliphatic carbocycles. The van der Waals surface area contributed by atoms with Crippen LogP contribution >= 0.6 is 0 Å². The van der Waals surface area contributed by atoms with Crippen LogP contribution in [0.25, 0.3) is 10.9 Å². The summed E-state index contributed by atoms with van der Waals surface area (Å²) in [6.45, 7) is 4.20. The van der Waals surface area contributed by atoms with E-state index in [4.69, 9.17) is 33.7 Å². The topological polar surface area (TPSA) is 201 Å². The Morgan fingerprint density at radius 2 is 2.11 bits per heavy atom. The SMILES string of the molecule is Cc1cc2c(OCC(O)CNCCC[NH+]=C(N)N)cccc2[nH]1.O=S(=O)([O-])O. The van der Waals surface area contributed by atoms with Crippen LogP contribution in [0.15, 0.2) is 24.3 Å². The van der Waals surface area contributed by atoms with E-state index in [0.29, 0.717) is 13.1 Å². The van der Waals surface area contributed by atoms with Crippen molar-refractivity contribution in [2.45, 2.75) is 19.4 Å². The van der Waals surface area contributed by atoms with Crippen LogP contribution in [0.4, 0.5) is 0 Å². The smallest absolute Gasteiger partial charge is 0.338 e. The van der Waals surface area contributed by atoms with Gasteiger partial charge in [-0.3, -0.25) is 21.0 Å². The van der Waals surface area contributed by atoms with Gasteiger partial charge in [-0.25, -0.2) is 8.42 Å². The molecule has 0 radical (unpaired) electrons. The van der Waals surface area contributed by atoms with Gasteiger partial charge in [0.1, 0.15) is 18.5 Å². The van der Waals surface area contributed by atoms with Crippen molar-refractivity contribution in [2.75, 3.05) is 26.2 Å². The lowest BCUT2D eigenvalue weighted by Gasteiger charge is -2.13. The minimum absolute atomic E-state index is 0.229. The molecule has 0 saturated heterocycles. The number of nitrogens with two attached hydrogens (primary N) is 2. The number of aryl methyl sites for hydroxylation is 1. The number of hydrogen-bond acceptors (Lipinski definition) is 6. The minimum atomic E-state index is -4.92. The van der Waals surface area contributed by atoms with Crippen molar-refractivity contribution < 1.29 is 32.4 Å². The van der Waals surface area contributed by atoms with Gasteiger partial charge >= 0.3 is 5.96 Å². The first-order chi connectivity index (χ1) is 13.1. The fourth-order valence-corrected chi connectivity index (χ4v) is 2.35. The van der Waals surface area contributed by atoms with Crippen molar-refractivity contribution in [3.05, 3.63) is 30.0 Å². The van der Waals surface area contributed by atoms with Crippen molar-refractivity contribution in [3.63, 3.8) is 0 Å². The molecule has 11 nitrogen and oxygen atoms in total. The number of aromatic amines is 1. The van der Waals surface area contributed by atoms with Crippen LogP contribution in [-0.2, 0) is 10.4 Å². The van der Waals surface area contributed by atoms with Crippen LogP contribution in [0, 0.1) is 6.92 Å². The van der Waals surface area contributed by atoms with Crippen LogP contribution in [0.3, 0.4) is 0 Å². The molecule has 1 atom stereocenters. The minimum Gasteiger partial charge on any atom is -0.726 e. The van der Waals surface area contributed by atoms with Gasteiger partial charge in [-0.1, -0.05) is 6.07 Å². The summed E-state index contributed by atoms with van der Waals surface area (Å²) in [6.07, 6.45) is 0.303. The fraction of sp³-hybridized carbons (Fsp3) is 0.438. The lowest BCUT2D eigenvalue weighted by molar-refractivity contribution is -0.459. The standard InChI is InChI=1S/C16H25N5O2.H2O4S/c1-11-8-13-14(21-11)4-2-5-15(13)23-10-12(22)9-19-6-3-7-20-16(17)18;1-5(2,3)4/h2,4-5,8,12,19,21-22H,3,6-7,9-10H2,1H3,(H4,17,18,20);(H2,1,2,3,4). The molecule has 2 rings (SSSR count). The van der Waals surface area contributed by atoms with E-state index in [1.165, 1.54) is 0 Å². The highest BCUT2D eigenvalue weighted by molar-refractivity contribution is 7.79. The summed E-state index contributed by atoms with van der Waals surface area (Å²) in [5, 5.41) is 14.2. The molecule has 1 unspecified atom stereocenters. The predicted molar refractivity (Wildman–Crippen MR) is 104 cm³/mol. The molecule has 0 saturated carbocycles. The number of benzene rings is 1. The van der Waals surface area contributed by atoms with Gasteiger partial charge in [-0.2, -0.15) is 0 Å². The van der Waals surface area contributed by atoms with Crippen LogP contribution < -0.4 is 26.5 Å². The molecular formula is C16H27N5O6S. The molecule has 0 spiro atoms. The zero-order chi connectivity index (χ0) is 21.2. The van der Waals surface area contributed by atoms with Crippen molar-refractivity contribution in [1.82, 2.24) is 10.3 Å². The van der Waals surface area contributed by atoms with Crippen LogP contribution in [-0.4, -0.2) is 65.9 Å². The Morgan fingerprint density at radius 1 is 1.43 bits per heavy atom. The zero-order valence-electron chi connectivity index (χ0n) is 15.5. The number of H-pyrrole nitrogens is 1. The summed E-state index contributed by atoms with van der Waals surface area (Å²) in [6, 6.07) is 7.90. The van der Waals surface area contributed by atoms with Crippen LogP contribution in [0.5, 0.6) is 5.75 Å². The third kappa shape index (κ3) is 10.7. The van der Waals surface area contributed by atoms with E-state index >= 15 is 0 Å². The number of guanidine groups is 1. The van der Waals surface area contributed by atoms with E-state index < -0.39 is 16.5 Å². The van der Waals surface area contributed by atoms with Gasteiger partial charge in [0.15, 0.2) is 0 Å². The number of ether oxygens (including phenoxy) is 1. The normalized spacial score (nSPS) is 12.1. The van der Waals surface area contributed by atoms with Crippen LogP contribution in [0.2, 0.25) is 0 Å². The monoisotopic (exact) mass is 417 g/mol. The Morgan fingerprint density at radius 3 is 2.75 bits per heavy atom. The molecule has 0 fully saturated rings. The Labute approximate surface area is 163 Å². The van der Waals surface area contributed by atoms with Gasteiger partial charge in [0.25, 0.3) is 0 Å². The molecule has 158 valence electrons. The van der Waals surface area contributed by atoms with E-state index in [1.54, 1.807) is 0 Å². The molecule has 28 heavy (non-hydrogen) atoms. The highest BCUT2D eigenvalue weighted by atomic mass is 32.3. The third-order valence-corrected chi connectivity index (χ3v) is 3.43. The Kier molecular flexibility index (Phi) is 9.68.